The molecule has 1 fully saturated rings. The van der Waals surface area contributed by atoms with Crippen LogP contribution in [0.1, 0.15) is 40.0 Å². The average molecular weight is 212 g/mol. The summed E-state index contributed by atoms with van der Waals surface area (Å²) in [6, 6.07) is 0.471. The number of hydrogen-bond donors (Lipinski definition) is 1. The van der Waals surface area contributed by atoms with Crippen LogP contribution in [0.4, 0.5) is 0 Å². The molecule has 1 rings (SSSR count). The van der Waals surface area contributed by atoms with Gasteiger partial charge in [-0.3, -0.25) is 4.79 Å². The van der Waals surface area contributed by atoms with E-state index >= 15 is 0 Å². The number of hydrogen-bond acceptors (Lipinski definition) is 2. The number of carbonyl (C=O) groups is 1. The van der Waals surface area contributed by atoms with Gasteiger partial charge in [0.05, 0.1) is 0 Å². The quantitative estimate of drug-likeness (QED) is 0.768. The van der Waals surface area contributed by atoms with Gasteiger partial charge in [-0.2, -0.15) is 0 Å². The van der Waals surface area contributed by atoms with E-state index < -0.39 is 0 Å². The Morgan fingerprint density at radius 3 is 2.53 bits per heavy atom. The molecule has 1 N–H and O–H groups in total. The summed E-state index contributed by atoms with van der Waals surface area (Å²) < 4.78 is 0. The molecule has 1 aliphatic heterocycles. The van der Waals surface area contributed by atoms with Crippen LogP contribution in [0.25, 0.3) is 0 Å². The third-order valence-electron chi connectivity index (χ3n) is 3.03. The molecule has 0 radical (unpaired) electrons. The highest BCUT2D eigenvalue weighted by Gasteiger charge is 2.19. The standard InChI is InChI=1S/C12H24N2O/c1-10(2)13-7-4-12(15)14-8-5-11(3)6-9-14/h10-11,13H,4-9H2,1-3H3. The zero-order valence-corrected chi connectivity index (χ0v) is 10.3. The number of likely N-dealkylation sites (tertiary alicyclic amines) is 1. The maximum Gasteiger partial charge on any atom is 0.223 e. The number of rotatable bonds is 4. The molecule has 0 saturated carbocycles. The summed E-state index contributed by atoms with van der Waals surface area (Å²) in [6.45, 7) is 9.20. The van der Waals surface area contributed by atoms with Gasteiger partial charge in [0, 0.05) is 32.1 Å². The van der Waals surface area contributed by atoms with Crippen molar-refractivity contribution in [3.63, 3.8) is 0 Å². The molecule has 1 heterocycles. The predicted molar refractivity (Wildman–Crippen MR) is 62.7 cm³/mol. The van der Waals surface area contributed by atoms with E-state index in [0.717, 1.165) is 25.6 Å². The van der Waals surface area contributed by atoms with E-state index in [0.29, 0.717) is 18.4 Å². The molecule has 0 aliphatic carbocycles. The van der Waals surface area contributed by atoms with Crippen LogP contribution < -0.4 is 5.32 Å². The summed E-state index contributed by atoms with van der Waals surface area (Å²) in [5, 5.41) is 3.28. The Kier molecular flexibility index (Phi) is 5.09. The zero-order valence-electron chi connectivity index (χ0n) is 10.3. The molecule has 0 bridgehead atoms. The van der Waals surface area contributed by atoms with Crippen molar-refractivity contribution in [2.45, 2.75) is 46.1 Å². The van der Waals surface area contributed by atoms with E-state index in [1.54, 1.807) is 0 Å². The van der Waals surface area contributed by atoms with Crippen LogP contribution >= 0.6 is 0 Å². The molecule has 0 aromatic heterocycles. The van der Waals surface area contributed by atoms with Crippen molar-refractivity contribution in [2.24, 2.45) is 5.92 Å². The van der Waals surface area contributed by atoms with Gasteiger partial charge in [-0.1, -0.05) is 20.8 Å². The molecule has 0 atom stereocenters. The molecule has 0 spiro atoms. The number of nitrogens with one attached hydrogen (secondary N) is 1. The lowest BCUT2D eigenvalue weighted by Gasteiger charge is -2.30. The SMILES string of the molecule is CC1CCN(C(=O)CCNC(C)C)CC1. The molecule has 0 aromatic rings. The molecule has 1 saturated heterocycles. The first kappa shape index (κ1) is 12.5. The smallest absolute Gasteiger partial charge is 0.223 e. The fourth-order valence-corrected chi connectivity index (χ4v) is 1.88. The molecule has 3 nitrogen and oxygen atoms in total. The summed E-state index contributed by atoms with van der Waals surface area (Å²) in [5.74, 6) is 1.11. The van der Waals surface area contributed by atoms with Gasteiger partial charge in [-0.25, -0.2) is 0 Å². The Morgan fingerprint density at radius 2 is 2.00 bits per heavy atom. The summed E-state index contributed by atoms with van der Waals surface area (Å²) >= 11 is 0. The molecule has 15 heavy (non-hydrogen) atoms. The Bertz CT molecular complexity index is 196. The maximum atomic E-state index is 11.8. The Labute approximate surface area is 93.2 Å². The van der Waals surface area contributed by atoms with E-state index in [1.165, 1.54) is 12.8 Å². The van der Waals surface area contributed by atoms with Gasteiger partial charge >= 0.3 is 0 Å². The molecule has 0 unspecified atom stereocenters. The van der Waals surface area contributed by atoms with E-state index in [1.807, 2.05) is 4.90 Å². The zero-order chi connectivity index (χ0) is 11.3. The summed E-state index contributed by atoms with van der Waals surface area (Å²) in [7, 11) is 0. The van der Waals surface area contributed by atoms with Crippen molar-refractivity contribution in [3.05, 3.63) is 0 Å². The van der Waals surface area contributed by atoms with Crippen molar-refractivity contribution in [2.75, 3.05) is 19.6 Å². The molecular formula is C12H24N2O. The number of amides is 1. The third-order valence-corrected chi connectivity index (χ3v) is 3.03. The topological polar surface area (TPSA) is 32.3 Å². The summed E-state index contributed by atoms with van der Waals surface area (Å²) in [6.07, 6.45) is 2.99. The summed E-state index contributed by atoms with van der Waals surface area (Å²) in [5.41, 5.74) is 0. The average Bonchev–Trinajstić information content (AvgIpc) is 2.18. The molecule has 1 aliphatic rings. The minimum Gasteiger partial charge on any atom is -0.343 e. The van der Waals surface area contributed by atoms with Gasteiger partial charge in [-0.15, -0.1) is 0 Å². The predicted octanol–water partition coefficient (Wildman–Crippen LogP) is 1.63. The van der Waals surface area contributed by atoms with Crippen LogP contribution in [0, 0.1) is 5.92 Å². The van der Waals surface area contributed by atoms with Crippen molar-refractivity contribution >= 4 is 5.91 Å². The third kappa shape index (κ3) is 4.65. The lowest BCUT2D eigenvalue weighted by atomic mass is 9.99. The van der Waals surface area contributed by atoms with Gasteiger partial charge in [-0.05, 0) is 18.8 Å². The second-order valence-corrected chi connectivity index (χ2v) is 4.92. The lowest BCUT2D eigenvalue weighted by molar-refractivity contribution is -0.132. The van der Waals surface area contributed by atoms with Crippen LogP contribution in [0.5, 0.6) is 0 Å². The fourth-order valence-electron chi connectivity index (χ4n) is 1.88. The summed E-state index contributed by atoms with van der Waals surface area (Å²) in [4.78, 5) is 13.8. The first-order valence-electron chi connectivity index (χ1n) is 6.10. The Hall–Kier alpha value is -0.570. The van der Waals surface area contributed by atoms with E-state index in [2.05, 4.69) is 26.1 Å². The molecular weight excluding hydrogens is 188 g/mol. The number of piperidine rings is 1. The Balaban J connectivity index is 2.17. The van der Waals surface area contributed by atoms with Crippen LogP contribution in [0.2, 0.25) is 0 Å². The highest BCUT2D eigenvalue weighted by Crippen LogP contribution is 2.16. The number of carbonyl (C=O) groups excluding carboxylic acids is 1. The van der Waals surface area contributed by atoms with Crippen molar-refractivity contribution < 1.29 is 4.79 Å². The van der Waals surface area contributed by atoms with Crippen molar-refractivity contribution in [1.29, 1.82) is 0 Å². The second-order valence-electron chi connectivity index (χ2n) is 4.92. The molecule has 1 amide bonds. The molecule has 3 heteroatoms. The van der Waals surface area contributed by atoms with Crippen LogP contribution in [0.3, 0.4) is 0 Å². The van der Waals surface area contributed by atoms with Gasteiger partial charge in [0.15, 0.2) is 0 Å². The number of nitrogens with zero attached hydrogens (tertiary/aromatic N) is 1. The first-order chi connectivity index (χ1) is 7.09. The van der Waals surface area contributed by atoms with Crippen molar-refractivity contribution in [3.8, 4) is 0 Å². The first-order valence-corrected chi connectivity index (χ1v) is 6.10. The minimum absolute atomic E-state index is 0.315. The normalized spacial score (nSPS) is 18.5. The minimum atomic E-state index is 0.315. The molecule has 0 aromatic carbocycles. The molecule has 88 valence electrons. The highest BCUT2D eigenvalue weighted by atomic mass is 16.2. The van der Waals surface area contributed by atoms with E-state index in [-0.39, 0.29) is 0 Å². The largest absolute Gasteiger partial charge is 0.343 e. The van der Waals surface area contributed by atoms with Gasteiger partial charge < -0.3 is 10.2 Å². The maximum absolute atomic E-state index is 11.8. The monoisotopic (exact) mass is 212 g/mol. The van der Waals surface area contributed by atoms with Crippen molar-refractivity contribution in [1.82, 2.24) is 10.2 Å². The van der Waals surface area contributed by atoms with Gasteiger partial charge in [0.2, 0.25) is 5.91 Å². The van der Waals surface area contributed by atoms with Crippen LogP contribution in [-0.4, -0.2) is 36.5 Å². The lowest BCUT2D eigenvalue weighted by Crippen LogP contribution is -2.39. The Morgan fingerprint density at radius 1 is 1.40 bits per heavy atom. The van der Waals surface area contributed by atoms with Gasteiger partial charge in [0.1, 0.15) is 0 Å². The van der Waals surface area contributed by atoms with Crippen LogP contribution in [-0.2, 0) is 4.79 Å². The fraction of sp³-hybridized carbons (Fsp3) is 0.917. The van der Waals surface area contributed by atoms with Crippen LogP contribution in [0.15, 0.2) is 0 Å². The van der Waals surface area contributed by atoms with E-state index in [9.17, 15) is 4.79 Å². The van der Waals surface area contributed by atoms with Gasteiger partial charge in [0.25, 0.3) is 0 Å². The second kappa shape index (κ2) is 6.11. The van der Waals surface area contributed by atoms with E-state index in [4.69, 9.17) is 0 Å². The highest BCUT2D eigenvalue weighted by molar-refractivity contribution is 5.76.